The number of nitrogens with two attached hydrogens (primary N) is 1. The molecule has 0 saturated heterocycles. The summed E-state index contributed by atoms with van der Waals surface area (Å²) in [6.45, 7) is 7.63. The lowest BCUT2D eigenvalue weighted by Crippen LogP contribution is -2.34. The summed E-state index contributed by atoms with van der Waals surface area (Å²) in [6, 6.07) is 6.59. The first-order chi connectivity index (χ1) is 9.52. The molecular formula is C16H27N3S. The van der Waals surface area contributed by atoms with Gasteiger partial charge in [0.2, 0.25) is 0 Å². The molecule has 0 aromatic heterocycles. The number of nitrogens with one attached hydrogen (secondary N) is 1. The molecule has 112 valence electrons. The SMILES string of the molecule is CCCCCN(c1cccc(SC)c1C(=N)N)C(C)C. The minimum atomic E-state index is 0.158. The van der Waals surface area contributed by atoms with E-state index in [1.54, 1.807) is 11.8 Å². The average Bonchev–Trinajstić information content (AvgIpc) is 2.42. The largest absolute Gasteiger partial charge is 0.384 e. The number of thioether (sulfide) groups is 1. The van der Waals surface area contributed by atoms with Gasteiger partial charge in [-0.1, -0.05) is 25.8 Å². The van der Waals surface area contributed by atoms with Gasteiger partial charge in [-0.25, -0.2) is 0 Å². The van der Waals surface area contributed by atoms with Crippen LogP contribution in [0.3, 0.4) is 0 Å². The predicted molar refractivity (Wildman–Crippen MR) is 91.2 cm³/mol. The molecule has 0 heterocycles. The van der Waals surface area contributed by atoms with Crippen molar-refractivity contribution in [1.82, 2.24) is 0 Å². The van der Waals surface area contributed by atoms with E-state index in [-0.39, 0.29) is 5.84 Å². The molecule has 1 aromatic rings. The number of benzene rings is 1. The van der Waals surface area contributed by atoms with E-state index < -0.39 is 0 Å². The number of anilines is 1. The van der Waals surface area contributed by atoms with Gasteiger partial charge in [-0.3, -0.25) is 5.41 Å². The molecule has 1 rings (SSSR count). The van der Waals surface area contributed by atoms with Gasteiger partial charge in [0.15, 0.2) is 0 Å². The average molecular weight is 293 g/mol. The van der Waals surface area contributed by atoms with Gasteiger partial charge in [-0.05, 0) is 38.7 Å². The number of unbranched alkanes of at least 4 members (excludes halogenated alkanes) is 2. The summed E-state index contributed by atoms with van der Waals surface area (Å²) in [5, 5.41) is 7.91. The highest BCUT2D eigenvalue weighted by atomic mass is 32.2. The van der Waals surface area contributed by atoms with Crippen LogP contribution < -0.4 is 10.6 Å². The highest BCUT2D eigenvalue weighted by molar-refractivity contribution is 7.98. The number of nitrogen functional groups attached to an aromatic ring is 1. The van der Waals surface area contributed by atoms with Crippen LogP contribution in [-0.2, 0) is 0 Å². The number of hydrogen-bond acceptors (Lipinski definition) is 3. The van der Waals surface area contributed by atoms with Crippen LogP contribution in [-0.4, -0.2) is 24.7 Å². The second-order valence-corrected chi connectivity index (χ2v) is 6.11. The normalized spacial score (nSPS) is 10.8. The van der Waals surface area contributed by atoms with Crippen LogP contribution >= 0.6 is 11.8 Å². The molecule has 0 aliphatic rings. The highest BCUT2D eigenvalue weighted by Crippen LogP contribution is 2.30. The van der Waals surface area contributed by atoms with Crippen LogP contribution in [0.4, 0.5) is 5.69 Å². The number of rotatable bonds is 8. The Kier molecular flexibility index (Phi) is 6.93. The molecule has 1 aromatic carbocycles. The summed E-state index contributed by atoms with van der Waals surface area (Å²) in [6.07, 6.45) is 5.66. The van der Waals surface area contributed by atoms with E-state index in [4.69, 9.17) is 11.1 Å². The van der Waals surface area contributed by atoms with Gasteiger partial charge in [0.1, 0.15) is 5.84 Å². The number of amidine groups is 1. The minimum Gasteiger partial charge on any atom is -0.384 e. The van der Waals surface area contributed by atoms with Crippen LogP contribution in [0.2, 0.25) is 0 Å². The van der Waals surface area contributed by atoms with Crippen molar-refractivity contribution >= 4 is 23.3 Å². The first-order valence-corrected chi connectivity index (χ1v) is 8.53. The lowest BCUT2D eigenvalue weighted by Gasteiger charge is -2.31. The Balaban J connectivity index is 3.15. The first kappa shape index (κ1) is 16.9. The lowest BCUT2D eigenvalue weighted by atomic mass is 10.1. The second-order valence-electron chi connectivity index (χ2n) is 5.26. The van der Waals surface area contributed by atoms with Crippen LogP contribution in [0.1, 0.15) is 45.6 Å². The maximum absolute atomic E-state index is 7.91. The summed E-state index contributed by atoms with van der Waals surface area (Å²) in [5.41, 5.74) is 7.80. The molecule has 0 fully saturated rings. The van der Waals surface area contributed by atoms with Gasteiger partial charge in [-0.2, -0.15) is 0 Å². The molecule has 0 atom stereocenters. The van der Waals surface area contributed by atoms with Crippen molar-refractivity contribution in [2.45, 2.75) is 51.0 Å². The van der Waals surface area contributed by atoms with Gasteiger partial charge in [0.25, 0.3) is 0 Å². The van der Waals surface area contributed by atoms with Gasteiger partial charge in [0, 0.05) is 23.2 Å². The summed E-state index contributed by atoms with van der Waals surface area (Å²) in [7, 11) is 0. The molecule has 0 unspecified atom stereocenters. The fourth-order valence-corrected chi connectivity index (χ4v) is 3.02. The summed E-state index contributed by atoms with van der Waals surface area (Å²) in [4.78, 5) is 3.45. The fourth-order valence-electron chi connectivity index (χ4n) is 2.39. The molecular weight excluding hydrogens is 266 g/mol. The maximum Gasteiger partial charge on any atom is 0.126 e. The lowest BCUT2D eigenvalue weighted by molar-refractivity contribution is 0.625. The third kappa shape index (κ3) is 4.17. The van der Waals surface area contributed by atoms with Crippen molar-refractivity contribution < 1.29 is 0 Å². The zero-order valence-corrected chi connectivity index (χ0v) is 13.9. The van der Waals surface area contributed by atoms with E-state index in [9.17, 15) is 0 Å². The Bertz CT molecular complexity index is 443. The van der Waals surface area contributed by atoms with E-state index in [2.05, 4.69) is 37.8 Å². The third-order valence-electron chi connectivity index (χ3n) is 3.43. The van der Waals surface area contributed by atoms with E-state index in [0.29, 0.717) is 6.04 Å². The van der Waals surface area contributed by atoms with Crippen LogP contribution in [0.25, 0.3) is 0 Å². The van der Waals surface area contributed by atoms with Crippen molar-refractivity contribution in [3.05, 3.63) is 23.8 Å². The zero-order valence-electron chi connectivity index (χ0n) is 13.1. The van der Waals surface area contributed by atoms with Gasteiger partial charge >= 0.3 is 0 Å². The Morgan fingerprint density at radius 3 is 2.55 bits per heavy atom. The molecule has 3 nitrogen and oxygen atoms in total. The Morgan fingerprint density at radius 2 is 2.05 bits per heavy atom. The molecule has 0 saturated carbocycles. The number of hydrogen-bond donors (Lipinski definition) is 2. The summed E-state index contributed by atoms with van der Waals surface area (Å²) < 4.78 is 0. The predicted octanol–water partition coefficient (Wildman–Crippen LogP) is 4.10. The van der Waals surface area contributed by atoms with Crippen molar-refractivity contribution in [2.75, 3.05) is 17.7 Å². The van der Waals surface area contributed by atoms with Crippen LogP contribution in [0, 0.1) is 5.41 Å². The molecule has 0 radical (unpaired) electrons. The molecule has 0 bridgehead atoms. The topological polar surface area (TPSA) is 53.1 Å². The molecule has 0 amide bonds. The summed E-state index contributed by atoms with van der Waals surface area (Å²) >= 11 is 1.65. The Morgan fingerprint density at radius 1 is 1.35 bits per heavy atom. The van der Waals surface area contributed by atoms with Gasteiger partial charge in [-0.15, -0.1) is 11.8 Å². The molecule has 0 aliphatic heterocycles. The minimum absolute atomic E-state index is 0.158. The zero-order chi connectivity index (χ0) is 15.1. The first-order valence-electron chi connectivity index (χ1n) is 7.30. The smallest absolute Gasteiger partial charge is 0.126 e. The Labute approximate surface area is 127 Å². The molecule has 3 N–H and O–H groups in total. The van der Waals surface area contributed by atoms with Crippen LogP contribution in [0.5, 0.6) is 0 Å². The molecule has 0 spiro atoms. The quantitative estimate of drug-likeness (QED) is 0.328. The number of nitrogens with zero attached hydrogens (tertiary/aromatic N) is 1. The third-order valence-corrected chi connectivity index (χ3v) is 4.21. The van der Waals surface area contributed by atoms with Gasteiger partial charge < -0.3 is 10.6 Å². The Hall–Kier alpha value is -1.16. The van der Waals surface area contributed by atoms with Crippen LogP contribution in [0.15, 0.2) is 23.1 Å². The van der Waals surface area contributed by atoms with Crippen molar-refractivity contribution in [1.29, 1.82) is 5.41 Å². The van der Waals surface area contributed by atoms with E-state index in [1.165, 1.54) is 19.3 Å². The standard InChI is InChI=1S/C16H27N3S/c1-5-6-7-11-19(12(2)3)13-9-8-10-14(20-4)15(13)16(17)18/h8-10,12H,5-7,11H2,1-4H3,(H3,17,18). The molecule has 4 heteroatoms. The summed E-state index contributed by atoms with van der Waals surface area (Å²) in [5.74, 6) is 0.158. The van der Waals surface area contributed by atoms with Crippen molar-refractivity contribution in [3.8, 4) is 0 Å². The maximum atomic E-state index is 7.91. The van der Waals surface area contributed by atoms with Crippen molar-refractivity contribution in [3.63, 3.8) is 0 Å². The van der Waals surface area contributed by atoms with E-state index >= 15 is 0 Å². The monoisotopic (exact) mass is 293 g/mol. The highest BCUT2D eigenvalue weighted by Gasteiger charge is 2.18. The second kappa shape index (κ2) is 8.20. The van der Waals surface area contributed by atoms with E-state index in [1.807, 2.05) is 12.3 Å². The molecule has 0 aliphatic carbocycles. The van der Waals surface area contributed by atoms with Gasteiger partial charge in [0.05, 0.1) is 5.56 Å². The van der Waals surface area contributed by atoms with E-state index in [0.717, 1.165) is 22.7 Å². The fraction of sp³-hybridized carbons (Fsp3) is 0.562. The molecule has 20 heavy (non-hydrogen) atoms. The van der Waals surface area contributed by atoms with Crippen molar-refractivity contribution in [2.24, 2.45) is 5.73 Å².